The van der Waals surface area contributed by atoms with Gasteiger partial charge in [0.2, 0.25) is 10.0 Å². The number of hydrogen-bond donors (Lipinski definition) is 0. The van der Waals surface area contributed by atoms with Crippen molar-refractivity contribution in [2.45, 2.75) is 44.2 Å². The highest BCUT2D eigenvalue weighted by Crippen LogP contribution is 2.33. The van der Waals surface area contributed by atoms with Gasteiger partial charge in [-0.1, -0.05) is 12.1 Å². The summed E-state index contributed by atoms with van der Waals surface area (Å²) in [5, 5.41) is 2.91. The molecule has 0 atom stereocenters. The first-order valence-electron chi connectivity index (χ1n) is 6.96. The van der Waals surface area contributed by atoms with Gasteiger partial charge in [-0.05, 0) is 44.4 Å². The molecule has 0 spiro atoms. The van der Waals surface area contributed by atoms with Gasteiger partial charge >= 0.3 is 0 Å². The fourth-order valence-corrected chi connectivity index (χ4v) is 4.69. The van der Waals surface area contributed by atoms with Gasteiger partial charge in [0.15, 0.2) is 0 Å². The lowest BCUT2D eigenvalue weighted by Gasteiger charge is -2.21. The molecule has 3 rings (SSSR count). The number of sulfonamides is 1. The Labute approximate surface area is 129 Å². The maximum absolute atomic E-state index is 12.9. The zero-order chi connectivity index (χ0) is 15.0. The van der Waals surface area contributed by atoms with Crippen LogP contribution >= 0.6 is 11.3 Å². The molecule has 1 aromatic carbocycles. The van der Waals surface area contributed by atoms with E-state index >= 15 is 0 Å². The highest BCUT2D eigenvalue weighted by atomic mass is 32.2. The molecule has 0 bridgehead atoms. The molecule has 21 heavy (non-hydrogen) atoms. The summed E-state index contributed by atoms with van der Waals surface area (Å²) in [7, 11) is -3.45. The highest BCUT2D eigenvalue weighted by Gasteiger charge is 2.38. The van der Waals surface area contributed by atoms with Gasteiger partial charge < -0.3 is 0 Å². The quantitative estimate of drug-likeness (QED) is 0.850. The summed E-state index contributed by atoms with van der Waals surface area (Å²) >= 11 is 1.55. The molecule has 112 valence electrons. The van der Waals surface area contributed by atoms with E-state index in [1.54, 1.807) is 33.8 Å². The first-order valence-corrected chi connectivity index (χ1v) is 9.28. The van der Waals surface area contributed by atoms with Gasteiger partial charge in [-0.15, -0.1) is 11.3 Å². The summed E-state index contributed by atoms with van der Waals surface area (Å²) < 4.78 is 27.4. The lowest BCUT2D eigenvalue weighted by Crippen LogP contribution is -2.32. The van der Waals surface area contributed by atoms with Crippen molar-refractivity contribution in [2.24, 2.45) is 0 Å². The largest absolute Gasteiger partial charge is 0.245 e. The predicted octanol–water partition coefficient (Wildman–Crippen LogP) is 3.11. The molecule has 0 saturated heterocycles. The van der Waals surface area contributed by atoms with Crippen molar-refractivity contribution in [3.8, 4) is 0 Å². The van der Waals surface area contributed by atoms with Crippen LogP contribution < -0.4 is 0 Å². The zero-order valence-electron chi connectivity index (χ0n) is 12.1. The third-order valence-electron chi connectivity index (χ3n) is 3.53. The Balaban J connectivity index is 1.93. The molecule has 0 N–H and O–H groups in total. The Bertz CT molecular complexity index is 749. The minimum absolute atomic E-state index is 0.123. The van der Waals surface area contributed by atoms with Crippen LogP contribution in [0.15, 0.2) is 34.5 Å². The molecule has 1 saturated carbocycles. The first-order chi connectivity index (χ1) is 9.96. The van der Waals surface area contributed by atoms with E-state index in [-0.39, 0.29) is 6.04 Å². The number of thiazole rings is 1. The number of rotatable bonds is 5. The fourth-order valence-electron chi connectivity index (χ4n) is 2.32. The van der Waals surface area contributed by atoms with Gasteiger partial charge in [-0.25, -0.2) is 13.4 Å². The van der Waals surface area contributed by atoms with Crippen LogP contribution in [0.5, 0.6) is 0 Å². The van der Waals surface area contributed by atoms with Crippen molar-refractivity contribution in [1.82, 2.24) is 9.29 Å². The summed E-state index contributed by atoms with van der Waals surface area (Å²) in [6.45, 7) is 4.21. The standard InChI is InChI=1S/C15H18N2O2S2/c1-11-4-3-5-15(8-11)21(18,19)17(14-6-7-14)9-13-10-20-12(2)16-13/h3-5,8,10,14H,6-7,9H2,1-2H3. The Hall–Kier alpha value is -1.24. The third kappa shape index (κ3) is 3.17. The van der Waals surface area contributed by atoms with E-state index in [1.165, 1.54) is 0 Å². The Kier molecular flexibility index (Phi) is 3.86. The van der Waals surface area contributed by atoms with Crippen LogP contribution in [0, 0.1) is 13.8 Å². The molecule has 4 nitrogen and oxygen atoms in total. The molecule has 0 amide bonds. The molecule has 2 aromatic rings. The van der Waals surface area contributed by atoms with Gasteiger partial charge in [0, 0.05) is 11.4 Å². The van der Waals surface area contributed by atoms with E-state index in [2.05, 4.69) is 4.98 Å². The summed E-state index contributed by atoms with van der Waals surface area (Å²) in [6, 6.07) is 7.23. The number of benzene rings is 1. The second-order valence-corrected chi connectivity index (χ2v) is 8.41. The zero-order valence-corrected chi connectivity index (χ0v) is 13.7. The van der Waals surface area contributed by atoms with Crippen LogP contribution in [-0.4, -0.2) is 23.7 Å². The Morgan fingerprint density at radius 3 is 2.67 bits per heavy atom. The molecule has 1 aliphatic carbocycles. The lowest BCUT2D eigenvalue weighted by molar-refractivity contribution is 0.395. The van der Waals surface area contributed by atoms with Gasteiger partial charge in [-0.2, -0.15) is 4.31 Å². The van der Waals surface area contributed by atoms with Crippen molar-refractivity contribution in [3.63, 3.8) is 0 Å². The van der Waals surface area contributed by atoms with E-state index in [9.17, 15) is 8.42 Å². The molecule has 0 aliphatic heterocycles. The van der Waals surface area contributed by atoms with Crippen molar-refractivity contribution >= 4 is 21.4 Å². The van der Waals surface area contributed by atoms with Crippen molar-refractivity contribution in [1.29, 1.82) is 0 Å². The van der Waals surface area contributed by atoms with Crippen LogP contribution in [-0.2, 0) is 16.6 Å². The van der Waals surface area contributed by atoms with Gasteiger partial charge in [-0.3, -0.25) is 0 Å². The predicted molar refractivity (Wildman–Crippen MR) is 83.8 cm³/mol. The average molecular weight is 322 g/mol. The Morgan fingerprint density at radius 1 is 1.33 bits per heavy atom. The van der Waals surface area contributed by atoms with E-state index in [1.807, 2.05) is 25.3 Å². The molecule has 1 aliphatic rings. The average Bonchev–Trinajstić information content (AvgIpc) is 3.19. The summed E-state index contributed by atoms with van der Waals surface area (Å²) in [4.78, 5) is 4.77. The SMILES string of the molecule is Cc1cccc(S(=O)(=O)N(Cc2csc(C)n2)C2CC2)c1. The summed E-state index contributed by atoms with van der Waals surface area (Å²) in [6.07, 6.45) is 1.88. The van der Waals surface area contributed by atoms with Gasteiger partial charge in [0.05, 0.1) is 22.1 Å². The monoisotopic (exact) mass is 322 g/mol. The number of nitrogens with zero attached hydrogens (tertiary/aromatic N) is 2. The fraction of sp³-hybridized carbons (Fsp3) is 0.400. The molecular formula is C15H18N2O2S2. The van der Waals surface area contributed by atoms with E-state index < -0.39 is 10.0 Å². The summed E-state index contributed by atoms with van der Waals surface area (Å²) in [5.74, 6) is 0. The van der Waals surface area contributed by atoms with Gasteiger partial charge in [0.25, 0.3) is 0 Å². The summed E-state index contributed by atoms with van der Waals surface area (Å²) in [5.41, 5.74) is 1.79. The minimum Gasteiger partial charge on any atom is -0.245 e. The van der Waals surface area contributed by atoms with Crippen LogP contribution in [0.2, 0.25) is 0 Å². The van der Waals surface area contributed by atoms with Crippen LogP contribution in [0.4, 0.5) is 0 Å². The smallest absolute Gasteiger partial charge is 0.243 e. The number of aryl methyl sites for hydroxylation is 2. The molecule has 6 heteroatoms. The van der Waals surface area contributed by atoms with E-state index in [0.717, 1.165) is 29.1 Å². The number of aromatic nitrogens is 1. The maximum Gasteiger partial charge on any atom is 0.243 e. The Morgan fingerprint density at radius 2 is 2.10 bits per heavy atom. The van der Waals surface area contributed by atoms with E-state index in [4.69, 9.17) is 0 Å². The van der Waals surface area contributed by atoms with Crippen LogP contribution in [0.1, 0.15) is 29.1 Å². The second kappa shape index (κ2) is 5.51. The van der Waals surface area contributed by atoms with Crippen LogP contribution in [0.3, 0.4) is 0 Å². The molecule has 1 fully saturated rings. The second-order valence-electron chi connectivity index (χ2n) is 5.46. The lowest BCUT2D eigenvalue weighted by atomic mass is 10.2. The molecule has 0 radical (unpaired) electrons. The normalized spacial score (nSPS) is 15.6. The molecule has 0 unspecified atom stereocenters. The van der Waals surface area contributed by atoms with Crippen molar-refractivity contribution in [3.05, 3.63) is 45.9 Å². The van der Waals surface area contributed by atoms with Crippen molar-refractivity contribution in [2.75, 3.05) is 0 Å². The topological polar surface area (TPSA) is 50.3 Å². The maximum atomic E-state index is 12.9. The third-order valence-corrected chi connectivity index (χ3v) is 6.25. The van der Waals surface area contributed by atoms with E-state index in [0.29, 0.717) is 11.4 Å². The minimum atomic E-state index is -3.45. The highest BCUT2D eigenvalue weighted by molar-refractivity contribution is 7.89. The number of hydrogen-bond acceptors (Lipinski definition) is 4. The van der Waals surface area contributed by atoms with Crippen LogP contribution in [0.25, 0.3) is 0 Å². The van der Waals surface area contributed by atoms with Gasteiger partial charge in [0.1, 0.15) is 0 Å². The van der Waals surface area contributed by atoms with Crippen molar-refractivity contribution < 1.29 is 8.42 Å². The first kappa shape index (κ1) is 14.7. The molecule has 1 aromatic heterocycles. The molecular weight excluding hydrogens is 304 g/mol. The molecule has 1 heterocycles.